The van der Waals surface area contributed by atoms with Gasteiger partial charge in [-0.05, 0) is 37.3 Å². The maximum atomic E-state index is 10.9. The van der Waals surface area contributed by atoms with E-state index in [0.717, 1.165) is 48.1 Å². The van der Waals surface area contributed by atoms with Crippen molar-refractivity contribution >= 4 is 27.7 Å². The monoisotopic (exact) mass is 291 g/mol. The number of aromatic nitrogens is 2. The number of nitrogens with one attached hydrogen (secondary N) is 1. The van der Waals surface area contributed by atoms with Crippen LogP contribution in [-0.2, 0) is 11.3 Å². The van der Waals surface area contributed by atoms with Gasteiger partial charge in [0.05, 0.1) is 11.4 Å². The average molecular weight is 291 g/mol. The summed E-state index contributed by atoms with van der Waals surface area (Å²) < 4.78 is 0. The summed E-state index contributed by atoms with van der Waals surface area (Å²) in [5, 5.41) is 12.5. The number of hydrogen-bond acceptors (Lipinski definition) is 5. The Morgan fingerprint density at radius 2 is 2.15 bits per heavy atom. The number of nitrogens with zero attached hydrogens (tertiary/aromatic N) is 2. The van der Waals surface area contributed by atoms with Crippen LogP contribution in [0.3, 0.4) is 0 Å². The highest BCUT2D eigenvalue weighted by molar-refractivity contribution is 7.16. The van der Waals surface area contributed by atoms with Gasteiger partial charge in [-0.25, -0.2) is 9.97 Å². The highest BCUT2D eigenvalue weighted by Crippen LogP contribution is 2.24. The fourth-order valence-corrected chi connectivity index (χ4v) is 3.31. The molecular weight excluding hydrogens is 274 g/mol. The summed E-state index contributed by atoms with van der Waals surface area (Å²) in [6.07, 6.45) is 5.30. The van der Waals surface area contributed by atoms with Gasteiger partial charge in [0.25, 0.3) is 0 Å². The van der Waals surface area contributed by atoms with E-state index in [0.29, 0.717) is 6.04 Å². The first-order valence-electron chi connectivity index (χ1n) is 6.86. The zero-order valence-electron chi connectivity index (χ0n) is 11.1. The summed E-state index contributed by atoms with van der Waals surface area (Å²) in [7, 11) is 0. The van der Waals surface area contributed by atoms with E-state index in [4.69, 9.17) is 5.11 Å². The lowest BCUT2D eigenvalue weighted by molar-refractivity contribution is -0.142. The zero-order valence-corrected chi connectivity index (χ0v) is 11.9. The van der Waals surface area contributed by atoms with Crippen molar-refractivity contribution in [3.63, 3.8) is 0 Å². The van der Waals surface area contributed by atoms with E-state index in [1.807, 2.05) is 11.7 Å². The molecule has 0 aliphatic heterocycles. The molecule has 1 aliphatic carbocycles. The van der Waals surface area contributed by atoms with Gasteiger partial charge in [-0.15, -0.1) is 11.3 Å². The van der Waals surface area contributed by atoms with E-state index in [2.05, 4.69) is 21.4 Å². The van der Waals surface area contributed by atoms with E-state index in [-0.39, 0.29) is 5.92 Å². The maximum absolute atomic E-state index is 10.9. The molecule has 1 fully saturated rings. The van der Waals surface area contributed by atoms with Crippen molar-refractivity contribution in [3.05, 3.63) is 23.3 Å². The van der Waals surface area contributed by atoms with Gasteiger partial charge in [-0.1, -0.05) is 0 Å². The molecule has 6 heteroatoms. The van der Waals surface area contributed by atoms with E-state index in [1.54, 1.807) is 11.3 Å². The van der Waals surface area contributed by atoms with Crippen LogP contribution in [0, 0.1) is 5.92 Å². The Kier molecular flexibility index (Phi) is 3.93. The maximum Gasteiger partial charge on any atom is 0.306 e. The van der Waals surface area contributed by atoms with Crippen molar-refractivity contribution < 1.29 is 9.90 Å². The third-order valence-corrected chi connectivity index (χ3v) is 4.66. The molecule has 2 aromatic rings. The van der Waals surface area contributed by atoms with E-state index < -0.39 is 5.97 Å². The Morgan fingerprint density at radius 3 is 2.90 bits per heavy atom. The number of carbonyl (C=O) groups is 1. The van der Waals surface area contributed by atoms with Crippen LogP contribution in [0.25, 0.3) is 10.3 Å². The summed E-state index contributed by atoms with van der Waals surface area (Å²) >= 11 is 1.55. The van der Waals surface area contributed by atoms with Crippen molar-refractivity contribution in [3.8, 4) is 0 Å². The van der Waals surface area contributed by atoms with Gasteiger partial charge in [-0.2, -0.15) is 0 Å². The Bertz CT molecular complexity index is 605. The molecule has 0 unspecified atom stereocenters. The zero-order chi connectivity index (χ0) is 13.9. The van der Waals surface area contributed by atoms with Crippen molar-refractivity contribution in [2.75, 3.05) is 0 Å². The number of aliphatic carboxylic acids is 1. The molecule has 0 atom stereocenters. The minimum atomic E-state index is -0.651. The first-order chi connectivity index (χ1) is 9.72. The molecule has 106 valence electrons. The Hall–Kier alpha value is -1.53. The van der Waals surface area contributed by atoms with Gasteiger partial charge in [0, 0.05) is 18.8 Å². The summed E-state index contributed by atoms with van der Waals surface area (Å²) in [6, 6.07) is 2.48. The highest BCUT2D eigenvalue weighted by atomic mass is 32.1. The SMILES string of the molecule is O=C(O)C1CCC(NCc2cnc3scnc3c2)CC1. The first-order valence-corrected chi connectivity index (χ1v) is 7.74. The molecule has 0 spiro atoms. The van der Waals surface area contributed by atoms with Crippen LogP contribution in [-0.4, -0.2) is 27.1 Å². The molecule has 1 saturated carbocycles. The molecule has 0 bridgehead atoms. The quantitative estimate of drug-likeness (QED) is 0.905. The van der Waals surface area contributed by atoms with Crippen LogP contribution in [0.4, 0.5) is 0 Å². The smallest absolute Gasteiger partial charge is 0.306 e. The van der Waals surface area contributed by atoms with Gasteiger partial charge in [-0.3, -0.25) is 4.79 Å². The fourth-order valence-electron chi connectivity index (χ4n) is 2.70. The minimum Gasteiger partial charge on any atom is -0.481 e. The number of thiazole rings is 1. The largest absolute Gasteiger partial charge is 0.481 e. The van der Waals surface area contributed by atoms with Crippen LogP contribution < -0.4 is 5.32 Å². The Labute approximate surface area is 121 Å². The molecule has 0 saturated heterocycles. The van der Waals surface area contributed by atoms with Gasteiger partial charge in [0.2, 0.25) is 0 Å². The lowest BCUT2D eigenvalue weighted by atomic mass is 9.86. The van der Waals surface area contributed by atoms with Crippen LogP contribution in [0.2, 0.25) is 0 Å². The number of carboxylic acids is 1. The number of rotatable bonds is 4. The molecular formula is C14H17N3O2S. The van der Waals surface area contributed by atoms with Crippen molar-refractivity contribution in [1.82, 2.24) is 15.3 Å². The third kappa shape index (κ3) is 2.96. The molecule has 5 nitrogen and oxygen atoms in total. The van der Waals surface area contributed by atoms with Gasteiger partial charge >= 0.3 is 5.97 Å². The summed E-state index contributed by atoms with van der Waals surface area (Å²) in [6.45, 7) is 0.767. The topological polar surface area (TPSA) is 75.1 Å². The molecule has 1 aliphatic rings. The normalized spacial score (nSPS) is 23.0. The van der Waals surface area contributed by atoms with Crippen LogP contribution in [0.1, 0.15) is 31.2 Å². The molecule has 2 N–H and O–H groups in total. The summed E-state index contributed by atoms with van der Waals surface area (Å²) in [4.78, 5) is 20.5. The van der Waals surface area contributed by atoms with Crippen LogP contribution >= 0.6 is 11.3 Å². The number of hydrogen-bond donors (Lipinski definition) is 2. The van der Waals surface area contributed by atoms with E-state index in [1.165, 1.54) is 0 Å². The summed E-state index contributed by atoms with van der Waals surface area (Å²) in [5.74, 6) is -0.803. The molecule has 3 rings (SSSR count). The van der Waals surface area contributed by atoms with Crippen LogP contribution in [0.5, 0.6) is 0 Å². The van der Waals surface area contributed by atoms with Gasteiger partial charge < -0.3 is 10.4 Å². The second-order valence-electron chi connectivity index (χ2n) is 5.29. The van der Waals surface area contributed by atoms with E-state index >= 15 is 0 Å². The Balaban J connectivity index is 1.53. The number of fused-ring (bicyclic) bond motifs is 1. The molecule has 0 aromatic carbocycles. The third-order valence-electron chi connectivity index (χ3n) is 3.92. The van der Waals surface area contributed by atoms with E-state index in [9.17, 15) is 4.79 Å². The van der Waals surface area contributed by atoms with Gasteiger partial charge in [0.15, 0.2) is 0 Å². The lowest BCUT2D eigenvalue weighted by Crippen LogP contribution is -2.34. The molecule has 2 heterocycles. The van der Waals surface area contributed by atoms with Crippen LogP contribution in [0.15, 0.2) is 17.8 Å². The van der Waals surface area contributed by atoms with Crippen molar-refractivity contribution in [2.24, 2.45) is 5.92 Å². The molecule has 2 aromatic heterocycles. The van der Waals surface area contributed by atoms with Gasteiger partial charge in [0.1, 0.15) is 10.3 Å². The lowest BCUT2D eigenvalue weighted by Gasteiger charge is -2.26. The molecule has 20 heavy (non-hydrogen) atoms. The molecule has 0 amide bonds. The standard InChI is InChI=1S/C14H17N3O2S/c18-14(19)10-1-3-11(4-2-10)15-6-9-5-12-13(16-7-9)20-8-17-12/h5,7-8,10-11,15H,1-4,6H2,(H,18,19). The Morgan fingerprint density at radius 1 is 1.35 bits per heavy atom. The predicted octanol–water partition coefficient (Wildman–Crippen LogP) is 2.42. The molecule has 0 radical (unpaired) electrons. The minimum absolute atomic E-state index is 0.152. The average Bonchev–Trinajstić information content (AvgIpc) is 2.93. The second-order valence-corrected chi connectivity index (χ2v) is 6.12. The van der Waals surface area contributed by atoms with Crippen molar-refractivity contribution in [2.45, 2.75) is 38.3 Å². The number of carboxylic acid groups (broad SMARTS) is 1. The number of pyridine rings is 1. The second kappa shape index (κ2) is 5.85. The highest BCUT2D eigenvalue weighted by Gasteiger charge is 2.25. The predicted molar refractivity (Wildman–Crippen MR) is 77.6 cm³/mol. The van der Waals surface area contributed by atoms with Crippen molar-refractivity contribution in [1.29, 1.82) is 0 Å². The first kappa shape index (κ1) is 13.5. The fraction of sp³-hybridized carbons (Fsp3) is 0.500. The summed E-state index contributed by atoms with van der Waals surface area (Å²) in [5.41, 5.74) is 3.88.